The maximum Gasteiger partial charge on any atom is 0.0813 e. The number of halogens is 1. The van der Waals surface area contributed by atoms with Crippen LogP contribution in [0.25, 0.3) is 0 Å². The lowest BCUT2D eigenvalue weighted by Crippen LogP contribution is -1.78. The lowest BCUT2D eigenvalue weighted by Gasteiger charge is -1.66. The van der Waals surface area contributed by atoms with Crippen LogP contribution in [0.5, 0.6) is 0 Å². The van der Waals surface area contributed by atoms with Gasteiger partial charge in [-0.1, -0.05) is 9.39 Å². The predicted molar refractivity (Wildman–Crippen MR) is 16.5 cm³/mol. The molecule has 0 unspecified atom stereocenters. The molecule has 0 spiro atoms. The summed E-state index contributed by atoms with van der Waals surface area (Å²) in [6, 6.07) is 0. The minimum absolute atomic E-state index is 0.139. The zero-order valence-electron chi connectivity index (χ0n) is 2.87. The molecule has 0 atom stereocenters. The molecule has 0 aliphatic rings. The van der Waals surface area contributed by atoms with Crippen LogP contribution in [-0.2, 0) is 0 Å². The van der Waals surface area contributed by atoms with Crippen LogP contribution in [0.3, 0.4) is 0 Å². The van der Waals surface area contributed by atoms with Gasteiger partial charge < -0.3 is 0 Å². The van der Waals surface area contributed by atoms with E-state index in [-0.39, 0.29) is 4.90 Å². The summed E-state index contributed by atoms with van der Waals surface area (Å²) in [5.41, 5.74) is 0. The molecule has 1 heterocycles. The number of aromatic nitrogens is 3. The third-order valence-electron chi connectivity index (χ3n) is 0.393. The Morgan fingerprint density at radius 1 is 1.67 bits per heavy atom. The zero-order valence-corrected chi connectivity index (χ0v) is 2.87. The third kappa shape index (κ3) is 0.357. The Bertz CT molecular complexity index is 112. The minimum Gasteiger partial charge on any atom is -0.137 e. The summed E-state index contributed by atoms with van der Waals surface area (Å²) in [5, 5.41) is 6.08. The Balaban J connectivity index is 3.05. The Morgan fingerprint density at radius 2 is 2.50 bits per heavy atom. The summed E-state index contributed by atoms with van der Waals surface area (Å²) in [5.74, 6) is 0. The van der Waals surface area contributed by atoms with E-state index in [9.17, 15) is 4.48 Å². The maximum atomic E-state index is 11.4. The molecule has 6 heavy (non-hydrogen) atoms. The highest BCUT2D eigenvalue weighted by Crippen LogP contribution is 1.72. The molecule has 1 aromatic rings. The average Bonchev–Trinajstić information content (AvgIpc) is 1.86. The van der Waals surface area contributed by atoms with Gasteiger partial charge in [-0.05, 0) is 5.21 Å². The molecule has 0 saturated carbocycles. The summed E-state index contributed by atoms with van der Waals surface area (Å²) in [6.07, 6.45) is 2.38. The monoisotopic (exact) mass is 87.0 g/mol. The van der Waals surface area contributed by atoms with E-state index in [0.717, 1.165) is 6.20 Å². The summed E-state index contributed by atoms with van der Waals surface area (Å²) in [4.78, 5) is 0.139. The summed E-state index contributed by atoms with van der Waals surface area (Å²) in [6.45, 7) is 0. The molecule has 0 radical (unpaired) electrons. The standard InChI is InChI=1S/C2H2FN3/c3-6-2-1-4-5-6/h1-2H. The number of rotatable bonds is 0. The summed E-state index contributed by atoms with van der Waals surface area (Å²) < 4.78 is 11.4. The van der Waals surface area contributed by atoms with Crippen molar-refractivity contribution in [2.75, 3.05) is 0 Å². The van der Waals surface area contributed by atoms with E-state index in [1.54, 1.807) is 0 Å². The van der Waals surface area contributed by atoms with Crippen LogP contribution in [-0.4, -0.2) is 15.2 Å². The lowest BCUT2D eigenvalue weighted by molar-refractivity contribution is 0.306. The first-order valence-electron chi connectivity index (χ1n) is 1.42. The van der Waals surface area contributed by atoms with Crippen molar-refractivity contribution in [1.29, 1.82) is 0 Å². The van der Waals surface area contributed by atoms with Crippen molar-refractivity contribution < 1.29 is 4.48 Å². The fraction of sp³-hybridized carbons (Fsp3) is 0. The molecule has 1 aromatic heterocycles. The van der Waals surface area contributed by atoms with Crippen LogP contribution in [0.1, 0.15) is 0 Å². The van der Waals surface area contributed by atoms with Crippen molar-refractivity contribution in [3.05, 3.63) is 12.4 Å². The van der Waals surface area contributed by atoms with E-state index in [1.807, 2.05) is 0 Å². The molecule has 0 aromatic carbocycles. The molecule has 4 heteroatoms. The second kappa shape index (κ2) is 1.04. The van der Waals surface area contributed by atoms with E-state index in [1.165, 1.54) is 6.20 Å². The SMILES string of the molecule is Fn1ccnn1. The van der Waals surface area contributed by atoms with Gasteiger partial charge in [0.05, 0.1) is 12.4 Å². The Labute approximate surface area is 33.3 Å². The molecular formula is C2H2FN3. The molecule has 32 valence electrons. The topological polar surface area (TPSA) is 30.7 Å². The molecule has 0 aliphatic heterocycles. The smallest absolute Gasteiger partial charge is 0.0813 e. The molecule has 1 rings (SSSR count). The molecule has 0 fully saturated rings. The van der Waals surface area contributed by atoms with Gasteiger partial charge in [0.1, 0.15) is 0 Å². The largest absolute Gasteiger partial charge is 0.137 e. The van der Waals surface area contributed by atoms with Crippen molar-refractivity contribution in [3.63, 3.8) is 0 Å². The van der Waals surface area contributed by atoms with Gasteiger partial charge in [-0.2, -0.15) is 0 Å². The Morgan fingerprint density at radius 3 is 2.67 bits per heavy atom. The van der Waals surface area contributed by atoms with Gasteiger partial charge in [0, 0.05) is 0 Å². The normalized spacial score (nSPS) is 8.83. The van der Waals surface area contributed by atoms with E-state index in [0.29, 0.717) is 0 Å². The highest BCUT2D eigenvalue weighted by atomic mass is 19.2. The highest BCUT2D eigenvalue weighted by Gasteiger charge is 1.76. The van der Waals surface area contributed by atoms with E-state index < -0.39 is 0 Å². The molecular weight excluding hydrogens is 85.0 g/mol. The number of nitrogens with zero attached hydrogens (tertiary/aromatic N) is 3. The quantitative estimate of drug-likeness (QED) is 0.446. The van der Waals surface area contributed by atoms with Crippen molar-refractivity contribution in [2.24, 2.45) is 0 Å². The Kier molecular flexibility index (Phi) is 0.567. The van der Waals surface area contributed by atoms with Crippen molar-refractivity contribution in [1.82, 2.24) is 15.2 Å². The van der Waals surface area contributed by atoms with Crippen molar-refractivity contribution in [2.45, 2.75) is 0 Å². The first-order valence-corrected chi connectivity index (χ1v) is 1.42. The van der Waals surface area contributed by atoms with Crippen molar-refractivity contribution >= 4 is 0 Å². The van der Waals surface area contributed by atoms with Gasteiger partial charge >= 0.3 is 0 Å². The molecule has 0 N–H and O–H groups in total. The number of hydrogen-bond donors (Lipinski definition) is 0. The van der Waals surface area contributed by atoms with Gasteiger partial charge in [0.25, 0.3) is 0 Å². The van der Waals surface area contributed by atoms with Gasteiger partial charge in [-0.3, -0.25) is 0 Å². The second-order valence-electron chi connectivity index (χ2n) is 0.792. The molecule has 0 bridgehead atoms. The predicted octanol–water partition coefficient (Wildman–Crippen LogP) is 0.0107. The second-order valence-corrected chi connectivity index (χ2v) is 0.792. The number of hydrogen-bond acceptors (Lipinski definition) is 2. The molecule has 0 saturated heterocycles. The summed E-state index contributed by atoms with van der Waals surface area (Å²) >= 11 is 0. The first-order chi connectivity index (χ1) is 2.89. The highest BCUT2D eigenvalue weighted by molar-refractivity contribution is 4.57. The van der Waals surface area contributed by atoms with Gasteiger partial charge in [-0.25, -0.2) is 0 Å². The van der Waals surface area contributed by atoms with Crippen LogP contribution in [0.4, 0.5) is 4.48 Å². The van der Waals surface area contributed by atoms with E-state index in [4.69, 9.17) is 0 Å². The fourth-order valence-corrected chi connectivity index (χ4v) is 0.194. The zero-order chi connectivity index (χ0) is 4.41. The van der Waals surface area contributed by atoms with E-state index >= 15 is 0 Å². The summed E-state index contributed by atoms with van der Waals surface area (Å²) in [7, 11) is 0. The van der Waals surface area contributed by atoms with Crippen LogP contribution < -0.4 is 0 Å². The van der Waals surface area contributed by atoms with Gasteiger partial charge in [0.2, 0.25) is 0 Å². The van der Waals surface area contributed by atoms with Crippen LogP contribution >= 0.6 is 0 Å². The Hall–Kier alpha value is -0.930. The maximum absolute atomic E-state index is 11.4. The molecule has 0 aliphatic carbocycles. The average molecular weight is 87.1 g/mol. The van der Waals surface area contributed by atoms with Crippen LogP contribution in [0.15, 0.2) is 12.4 Å². The van der Waals surface area contributed by atoms with Crippen LogP contribution in [0.2, 0.25) is 0 Å². The van der Waals surface area contributed by atoms with Crippen molar-refractivity contribution in [3.8, 4) is 0 Å². The van der Waals surface area contributed by atoms with E-state index in [2.05, 4.69) is 10.3 Å². The fourth-order valence-electron chi connectivity index (χ4n) is 0.194. The third-order valence-corrected chi connectivity index (χ3v) is 0.393. The first kappa shape index (κ1) is 3.27. The molecule has 0 amide bonds. The van der Waals surface area contributed by atoms with Gasteiger partial charge in [0.15, 0.2) is 0 Å². The minimum atomic E-state index is 0.139. The van der Waals surface area contributed by atoms with Crippen LogP contribution in [0, 0.1) is 0 Å². The van der Waals surface area contributed by atoms with Gasteiger partial charge in [-0.15, -0.1) is 5.10 Å². The molecule has 3 nitrogen and oxygen atoms in total. The lowest BCUT2D eigenvalue weighted by atomic mass is 11.0.